The van der Waals surface area contributed by atoms with Crippen molar-refractivity contribution in [2.24, 2.45) is 0 Å². The van der Waals surface area contributed by atoms with Crippen LogP contribution in [-0.2, 0) is 0 Å². The molecule has 3 rings (SSSR count). The van der Waals surface area contributed by atoms with E-state index in [0.717, 1.165) is 23.3 Å². The van der Waals surface area contributed by atoms with E-state index in [-0.39, 0.29) is 17.0 Å². The van der Waals surface area contributed by atoms with Crippen molar-refractivity contribution in [1.29, 1.82) is 0 Å². The Labute approximate surface area is 147 Å². The Kier molecular flexibility index (Phi) is 6.65. The van der Waals surface area contributed by atoms with E-state index >= 15 is 0 Å². The molecule has 0 unspecified atom stereocenters. The number of thiazole rings is 1. The number of aromatic nitrogens is 1. The number of hydrogen-bond donors (Lipinski definition) is 1. The van der Waals surface area contributed by atoms with Crippen LogP contribution in [0, 0.1) is 0 Å². The van der Waals surface area contributed by atoms with Crippen molar-refractivity contribution in [1.82, 2.24) is 4.98 Å². The predicted molar refractivity (Wildman–Crippen MR) is 102 cm³/mol. The molecule has 1 aromatic heterocycles. The van der Waals surface area contributed by atoms with Gasteiger partial charge in [0.1, 0.15) is 0 Å². The molecule has 0 amide bonds. The van der Waals surface area contributed by atoms with E-state index in [0.29, 0.717) is 0 Å². The maximum atomic E-state index is 4.62. The third-order valence-corrected chi connectivity index (χ3v) is 4.98. The largest absolute Gasteiger partial charge is 0.358 e. The van der Waals surface area contributed by atoms with Gasteiger partial charge in [-0.25, -0.2) is 4.98 Å². The molecule has 0 aliphatic heterocycles. The number of benzene rings is 1. The first-order valence-electron chi connectivity index (χ1n) is 7.77. The van der Waals surface area contributed by atoms with E-state index in [1.165, 1.54) is 43.2 Å². The normalized spacial score (nSPS) is 15.1. The van der Waals surface area contributed by atoms with Crippen LogP contribution in [0.15, 0.2) is 42.3 Å². The number of halogens is 1. The summed E-state index contributed by atoms with van der Waals surface area (Å²) in [6, 6.07) is 9.02. The van der Waals surface area contributed by atoms with Gasteiger partial charge in [-0.05, 0) is 24.3 Å². The van der Waals surface area contributed by atoms with Crippen LogP contribution < -0.4 is 5.32 Å². The fraction of sp³-hybridized carbons (Fsp3) is 0.389. The highest BCUT2D eigenvalue weighted by Crippen LogP contribution is 2.33. The fourth-order valence-corrected chi connectivity index (χ4v) is 3.74. The quantitative estimate of drug-likeness (QED) is 0.641. The van der Waals surface area contributed by atoms with Gasteiger partial charge in [0.25, 0.3) is 0 Å². The molecule has 0 spiro atoms. The molecule has 0 atom stereocenters. The molecule has 1 heterocycles. The van der Waals surface area contributed by atoms with Crippen molar-refractivity contribution >= 4 is 33.4 Å². The first kappa shape index (κ1) is 17.2. The average molecular weight is 379 g/mol. The molecule has 1 fully saturated rings. The highest BCUT2D eigenvalue weighted by Gasteiger charge is 2.15. The highest BCUT2D eigenvalue weighted by molar-refractivity contribution is 8.93. The van der Waals surface area contributed by atoms with Crippen LogP contribution in [0.25, 0.3) is 11.3 Å². The van der Waals surface area contributed by atoms with Gasteiger partial charge >= 0.3 is 0 Å². The van der Waals surface area contributed by atoms with Crippen LogP contribution in [0.4, 0.5) is 5.13 Å². The fourth-order valence-electron chi connectivity index (χ4n) is 3.01. The topological polar surface area (TPSA) is 24.9 Å². The third kappa shape index (κ3) is 4.20. The summed E-state index contributed by atoms with van der Waals surface area (Å²) < 4.78 is 0. The molecule has 1 aliphatic carbocycles. The standard InChI is InChI=1S/C18H22N2S.BrH/c1-2-12-19-18-20-17(13-21-18)16-10-8-15(9-11-16)14-6-4-3-5-7-14;/h2,8-11,13-14H,1,3-7,12H2,(H,19,20);1H. The summed E-state index contributed by atoms with van der Waals surface area (Å²) in [5, 5.41) is 6.31. The third-order valence-electron chi connectivity index (χ3n) is 4.18. The minimum atomic E-state index is 0. The summed E-state index contributed by atoms with van der Waals surface area (Å²) in [5.41, 5.74) is 3.76. The molecule has 1 N–H and O–H groups in total. The van der Waals surface area contributed by atoms with Gasteiger partial charge in [0.2, 0.25) is 0 Å². The van der Waals surface area contributed by atoms with Crippen molar-refractivity contribution in [3.8, 4) is 11.3 Å². The summed E-state index contributed by atoms with van der Waals surface area (Å²) in [5.74, 6) is 0.771. The van der Waals surface area contributed by atoms with Crippen molar-refractivity contribution in [3.63, 3.8) is 0 Å². The van der Waals surface area contributed by atoms with E-state index < -0.39 is 0 Å². The van der Waals surface area contributed by atoms with Crippen LogP contribution in [0.5, 0.6) is 0 Å². The van der Waals surface area contributed by atoms with Crippen LogP contribution in [0.2, 0.25) is 0 Å². The second kappa shape index (κ2) is 8.49. The van der Waals surface area contributed by atoms with Crippen LogP contribution >= 0.6 is 28.3 Å². The maximum absolute atomic E-state index is 4.62. The first-order chi connectivity index (χ1) is 10.4. The Balaban J connectivity index is 0.00000176. The molecular formula is C18H23BrN2S. The molecule has 4 heteroatoms. The number of hydrogen-bond acceptors (Lipinski definition) is 3. The minimum absolute atomic E-state index is 0. The van der Waals surface area contributed by atoms with Crippen molar-refractivity contribution in [2.75, 3.05) is 11.9 Å². The summed E-state index contributed by atoms with van der Waals surface area (Å²) >= 11 is 1.65. The molecule has 22 heavy (non-hydrogen) atoms. The molecule has 1 aliphatic rings. The van der Waals surface area contributed by atoms with E-state index in [9.17, 15) is 0 Å². The van der Waals surface area contributed by atoms with Gasteiger partial charge in [-0.1, -0.05) is 49.6 Å². The van der Waals surface area contributed by atoms with Gasteiger partial charge < -0.3 is 5.32 Å². The first-order valence-corrected chi connectivity index (χ1v) is 8.65. The summed E-state index contributed by atoms with van der Waals surface area (Å²) in [6.45, 7) is 4.47. The molecule has 1 saturated carbocycles. The zero-order valence-electron chi connectivity index (χ0n) is 12.8. The Hall–Kier alpha value is -1.13. The number of nitrogens with one attached hydrogen (secondary N) is 1. The summed E-state index contributed by atoms with van der Waals surface area (Å²) in [6.07, 6.45) is 8.74. The Morgan fingerprint density at radius 3 is 2.59 bits per heavy atom. The average Bonchev–Trinajstić information content (AvgIpc) is 3.03. The summed E-state index contributed by atoms with van der Waals surface area (Å²) in [4.78, 5) is 4.62. The van der Waals surface area contributed by atoms with Crippen LogP contribution in [0.3, 0.4) is 0 Å². The predicted octanol–water partition coefficient (Wildman–Crippen LogP) is 6.03. The molecule has 2 nitrogen and oxygen atoms in total. The Bertz CT molecular complexity index is 585. The summed E-state index contributed by atoms with van der Waals surface area (Å²) in [7, 11) is 0. The second-order valence-electron chi connectivity index (χ2n) is 5.66. The van der Waals surface area contributed by atoms with Crippen molar-refractivity contribution in [3.05, 3.63) is 47.9 Å². The molecular weight excluding hydrogens is 356 g/mol. The van der Waals surface area contributed by atoms with Gasteiger partial charge in [-0.15, -0.1) is 34.9 Å². The second-order valence-corrected chi connectivity index (χ2v) is 6.52. The van der Waals surface area contributed by atoms with Crippen molar-refractivity contribution < 1.29 is 0 Å². The lowest BCUT2D eigenvalue weighted by atomic mass is 9.84. The van der Waals surface area contributed by atoms with Crippen LogP contribution in [-0.4, -0.2) is 11.5 Å². The molecule has 2 aromatic rings. The Morgan fingerprint density at radius 2 is 1.91 bits per heavy atom. The van der Waals surface area contributed by atoms with Crippen LogP contribution in [0.1, 0.15) is 43.6 Å². The van der Waals surface area contributed by atoms with Gasteiger partial charge in [0.05, 0.1) is 5.69 Å². The van der Waals surface area contributed by atoms with Gasteiger partial charge in [0, 0.05) is 17.5 Å². The van der Waals surface area contributed by atoms with E-state index in [2.05, 4.69) is 46.5 Å². The van der Waals surface area contributed by atoms with E-state index in [4.69, 9.17) is 0 Å². The molecule has 0 radical (unpaired) electrons. The highest BCUT2D eigenvalue weighted by atomic mass is 79.9. The van der Waals surface area contributed by atoms with Gasteiger partial charge in [-0.2, -0.15) is 0 Å². The van der Waals surface area contributed by atoms with Gasteiger partial charge in [-0.3, -0.25) is 0 Å². The lowest BCUT2D eigenvalue weighted by molar-refractivity contribution is 0.443. The Morgan fingerprint density at radius 1 is 1.18 bits per heavy atom. The molecule has 0 bridgehead atoms. The van der Waals surface area contributed by atoms with E-state index in [1.807, 2.05) is 6.08 Å². The van der Waals surface area contributed by atoms with E-state index in [1.54, 1.807) is 11.3 Å². The lowest BCUT2D eigenvalue weighted by Crippen LogP contribution is -2.04. The zero-order valence-corrected chi connectivity index (χ0v) is 15.3. The molecule has 0 saturated heterocycles. The molecule has 1 aromatic carbocycles. The zero-order chi connectivity index (χ0) is 14.5. The van der Waals surface area contributed by atoms with Crippen molar-refractivity contribution in [2.45, 2.75) is 38.0 Å². The molecule has 118 valence electrons. The number of rotatable bonds is 5. The smallest absolute Gasteiger partial charge is 0.183 e. The van der Waals surface area contributed by atoms with Gasteiger partial charge in [0.15, 0.2) is 5.13 Å². The SMILES string of the molecule is Br.C=CCNc1nc(-c2ccc(C3CCCCC3)cc2)cs1. The monoisotopic (exact) mass is 378 g/mol. The number of nitrogens with zero attached hydrogens (tertiary/aromatic N) is 1. The lowest BCUT2D eigenvalue weighted by Gasteiger charge is -2.22. The number of anilines is 1. The maximum Gasteiger partial charge on any atom is 0.183 e. The minimum Gasteiger partial charge on any atom is -0.358 e.